The van der Waals surface area contributed by atoms with Crippen LogP contribution < -0.4 is 5.32 Å². The summed E-state index contributed by atoms with van der Waals surface area (Å²) in [5, 5.41) is 3.08. The maximum atomic E-state index is 12.7. The van der Waals surface area contributed by atoms with Crippen LogP contribution in [0, 0.1) is 5.92 Å². The molecule has 1 N–H and O–H groups in total. The third-order valence-electron chi connectivity index (χ3n) is 5.89. The first-order valence-corrected chi connectivity index (χ1v) is 9.90. The molecule has 1 aliphatic carbocycles. The molecule has 0 unspecified atom stereocenters. The number of rotatable bonds is 5. The number of hydrogen-bond acceptors (Lipinski definition) is 4. The van der Waals surface area contributed by atoms with Crippen LogP contribution in [0.1, 0.15) is 75.9 Å². The maximum absolute atomic E-state index is 12.7. The molecule has 1 aliphatic heterocycles. The van der Waals surface area contributed by atoms with E-state index in [1.165, 1.54) is 18.8 Å². The highest BCUT2D eigenvalue weighted by Crippen LogP contribution is 2.28. The van der Waals surface area contributed by atoms with Crippen LogP contribution in [0.5, 0.6) is 0 Å². The predicted molar refractivity (Wildman–Crippen MR) is 103 cm³/mol. The molecule has 4 rings (SSSR count). The second-order valence-corrected chi connectivity index (χ2v) is 7.64. The van der Waals surface area contributed by atoms with E-state index in [0.29, 0.717) is 16.9 Å². The molecule has 6 nitrogen and oxygen atoms in total. The topological polar surface area (TPSA) is 79.6 Å². The Balaban J connectivity index is 1.46. The van der Waals surface area contributed by atoms with Gasteiger partial charge in [0.05, 0.1) is 23.9 Å². The van der Waals surface area contributed by atoms with Crippen LogP contribution in [-0.4, -0.2) is 28.7 Å². The van der Waals surface area contributed by atoms with E-state index in [2.05, 4.69) is 12.2 Å². The summed E-state index contributed by atoms with van der Waals surface area (Å²) in [4.78, 5) is 39.1. The first-order chi connectivity index (χ1) is 13.6. The largest absolute Gasteiger partial charge is 0.467 e. The van der Waals surface area contributed by atoms with E-state index < -0.39 is 5.91 Å². The Morgan fingerprint density at radius 1 is 1.11 bits per heavy atom. The zero-order chi connectivity index (χ0) is 19.7. The number of benzene rings is 1. The quantitative estimate of drug-likeness (QED) is 0.801. The van der Waals surface area contributed by atoms with Crippen molar-refractivity contribution in [2.75, 3.05) is 0 Å². The lowest BCUT2D eigenvalue weighted by Crippen LogP contribution is -2.37. The van der Waals surface area contributed by atoms with E-state index in [1.54, 1.807) is 24.3 Å². The summed E-state index contributed by atoms with van der Waals surface area (Å²) in [7, 11) is 0. The van der Waals surface area contributed by atoms with Crippen LogP contribution in [0.15, 0.2) is 41.0 Å². The summed E-state index contributed by atoms with van der Waals surface area (Å²) in [6.07, 6.45) is 6.95. The van der Waals surface area contributed by atoms with Crippen molar-refractivity contribution >= 4 is 17.7 Å². The van der Waals surface area contributed by atoms with Gasteiger partial charge in [-0.05, 0) is 61.9 Å². The standard InChI is InChI=1S/C22H24N2O4/c1-2-14-5-8-16(9-6-14)23-20(25)15-7-10-18-19(12-15)22(27)24(21(18)26)13-17-4-3-11-28-17/h3-4,7,10-12,14,16H,2,5-6,8-9,13H2,1H3,(H,23,25). The molecule has 1 aromatic carbocycles. The Bertz CT molecular complexity index is 895. The van der Waals surface area contributed by atoms with Gasteiger partial charge in [0, 0.05) is 11.6 Å². The van der Waals surface area contributed by atoms with Crippen molar-refractivity contribution in [3.05, 3.63) is 59.0 Å². The van der Waals surface area contributed by atoms with Crippen LogP contribution in [0.4, 0.5) is 0 Å². The van der Waals surface area contributed by atoms with Crippen LogP contribution in [0.3, 0.4) is 0 Å². The summed E-state index contributed by atoms with van der Waals surface area (Å²) in [6.45, 7) is 2.29. The SMILES string of the molecule is CCC1CCC(NC(=O)c2ccc3c(c2)C(=O)N(Cc2ccco2)C3=O)CC1. The zero-order valence-electron chi connectivity index (χ0n) is 15.9. The molecule has 1 aromatic heterocycles. The summed E-state index contributed by atoms with van der Waals surface area (Å²) < 4.78 is 5.24. The third-order valence-corrected chi connectivity index (χ3v) is 5.89. The Kier molecular flexibility index (Phi) is 5.03. The molecule has 0 atom stereocenters. The third kappa shape index (κ3) is 3.46. The Labute approximate surface area is 163 Å². The Morgan fingerprint density at radius 2 is 1.86 bits per heavy atom. The van der Waals surface area contributed by atoms with E-state index in [-0.39, 0.29) is 30.0 Å². The molecule has 0 saturated heterocycles. The van der Waals surface area contributed by atoms with Crippen molar-refractivity contribution < 1.29 is 18.8 Å². The average molecular weight is 380 g/mol. The molecule has 28 heavy (non-hydrogen) atoms. The highest BCUT2D eigenvalue weighted by atomic mass is 16.3. The van der Waals surface area contributed by atoms with Crippen molar-refractivity contribution in [3.8, 4) is 0 Å². The smallest absolute Gasteiger partial charge is 0.261 e. The first kappa shape index (κ1) is 18.5. The van der Waals surface area contributed by atoms with E-state index >= 15 is 0 Å². The van der Waals surface area contributed by atoms with Gasteiger partial charge < -0.3 is 9.73 Å². The molecule has 0 radical (unpaired) electrons. The molecule has 146 valence electrons. The van der Waals surface area contributed by atoms with Gasteiger partial charge in [0.2, 0.25) is 0 Å². The molecule has 0 spiro atoms. The number of nitrogens with zero attached hydrogens (tertiary/aromatic N) is 1. The number of carbonyl (C=O) groups is 3. The highest BCUT2D eigenvalue weighted by Gasteiger charge is 2.36. The number of furan rings is 1. The van der Waals surface area contributed by atoms with Gasteiger partial charge in [0.15, 0.2) is 0 Å². The van der Waals surface area contributed by atoms with E-state index in [0.717, 1.165) is 36.5 Å². The van der Waals surface area contributed by atoms with Crippen molar-refractivity contribution in [2.45, 2.75) is 51.6 Å². The number of fused-ring (bicyclic) bond motifs is 1. The predicted octanol–water partition coefficient (Wildman–Crippen LogP) is 3.77. The second kappa shape index (κ2) is 7.62. The second-order valence-electron chi connectivity index (χ2n) is 7.64. The molecule has 3 amide bonds. The molecular weight excluding hydrogens is 356 g/mol. The number of nitrogens with one attached hydrogen (secondary N) is 1. The summed E-state index contributed by atoms with van der Waals surface area (Å²) in [5.74, 6) is 0.357. The molecular formula is C22H24N2O4. The van der Waals surface area contributed by atoms with E-state index in [1.807, 2.05) is 0 Å². The summed E-state index contributed by atoms with van der Waals surface area (Å²) >= 11 is 0. The summed E-state index contributed by atoms with van der Waals surface area (Å²) in [6, 6.07) is 8.33. The maximum Gasteiger partial charge on any atom is 0.261 e. The van der Waals surface area contributed by atoms with Gasteiger partial charge in [-0.15, -0.1) is 0 Å². The van der Waals surface area contributed by atoms with Gasteiger partial charge in [0.1, 0.15) is 5.76 Å². The fourth-order valence-electron chi connectivity index (χ4n) is 4.12. The molecule has 1 saturated carbocycles. The molecule has 2 aliphatic rings. The number of carbonyl (C=O) groups excluding carboxylic acids is 3. The number of imide groups is 1. The van der Waals surface area contributed by atoms with Gasteiger partial charge in [-0.1, -0.05) is 13.3 Å². The number of hydrogen-bond donors (Lipinski definition) is 1. The Morgan fingerprint density at radius 3 is 2.54 bits per heavy atom. The van der Waals surface area contributed by atoms with Crippen LogP contribution in [-0.2, 0) is 6.54 Å². The van der Waals surface area contributed by atoms with Gasteiger partial charge in [0.25, 0.3) is 17.7 Å². The van der Waals surface area contributed by atoms with Crippen LogP contribution >= 0.6 is 0 Å². The van der Waals surface area contributed by atoms with Crippen LogP contribution in [0.2, 0.25) is 0 Å². The van der Waals surface area contributed by atoms with Gasteiger partial charge in [-0.3, -0.25) is 19.3 Å². The van der Waals surface area contributed by atoms with Crippen molar-refractivity contribution in [3.63, 3.8) is 0 Å². The van der Waals surface area contributed by atoms with Gasteiger partial charge in [-0.25, -0.2) is 0 Å². The minimum absolute atomic E-state index is 0.0849. The van der Waals surface area contributed by atoms with E-state index in [9.17, 15) is 14.4 Å². The lowest BCUT2D eigenvalue weighted by molar-refractivity contribution is 0.0631. The molecule has 6 heteroatoms. The Hall–Kier alpha value is -2.89. The first-order valence-electron chi connectivity index (χ1n) is 9.90. The van der Waals surface area contributed by atoms with Gasteiger partial charge >= 0.3 is 0 Å². The fraction of sp³-hybridized carbons (Fsp3) is 0.409. The minimum Gasteiger partial charge on any atom is -0.467 e. The van der Waals surface area contributed by atoms with E-state index in [4.69, 9.17) is 4.42 Å². The molecule has 1 fully saturated rings. The van der Waals surface area contributed by atoms with Crippen molar-refractivity contribution in [2.24, 2.45) is 5.92 Å². The average Bonchev–Trinajstić information content (AvgIpc) is 3.31. The zero-order valence-corrected chi connectivity index (χ0v) is 15.9. The van der Waals surface area contributed by atoms with Crippen molar-refractivity contribution in [1.29, 1.82) is 0 Å². The normalized spacial score (nSPS) is 21.7. The number of amides is 3. The monoisotopic (exact) mass is 380 g/mol. The lowest BCUT2D eigenvalue weighted by atomic mass is 9.84. The fourth-order valence-corrected chi connectivity index (χ4v) is 4.12. The minimum atomic E-state index is -0.394. The van der Waals surface area contributed by atoms with Crippen LogP contribution in [0.25, 0.3) is 0 Å². The molecule has 2 heterocycles. The van der Waals surface area contributed by atoms with Gasteiger partial charge in [-0.2, -0.15) is 0 Å². The lowest BCUT2D eigenvalue weighted by Gasteiger charge is -2.28. The molecule has 0 bridgehead atoms. The summed E-state index contributed by atoms with van der Waals surface area (Å²) in [5.41, 5.74) is 1.02. The van der Waals surface area contributed by atoms with Crippen molar-refractivity contribution in [1.82, 2.24) is 10.2 Å². The highest BCUT2D eigenvalue weighted by molar-refractivity contribution is 6.22. The molecule has 2 aromatic rings.